The lowest BCUT2D eigenvalue weighted by molar-refractivity contribution is -0.142. The fourth-order valence-electron chi connectivity index (χ4n) is 6.34. The molecular formula is C35H24F8N6O2. The first-order valence-corrected chi connectivity index (χ1v) is 15.4. The van der Waals surface area contributed by atoms with Gasteiger partial charge in [-0.3, -0.25) is 9.48 Å². The average Bonchev–Trinajstić information content (AvgIpc) is 3.40. The second-order valence-electron chi connectivity index (χ2n) is 12.9. The lowest BCUT2D eigenvalue weighted by Gasteiger charge is -2.15. The molecule has 2 atom stereocenters. The predicted molar refractivity (Wildman–Crippen MR) is 166 cm³/mol. The van der Waals surface area contributed by atoms with Crippen LogP contribution in [0.15, 0.2) is 53.8 Å². The molecule has 0 unspecified atom stereocenters. The third-order valence-electron chi connectivity index (χ3n) is 8.51. The van der Waals surface area contributed by atoms with Gasteiger partial charge in [-0.05, 0) is 68.0 Å². The number of benzene rings is 1. The number of aliphatic imine (C=N–C) groups is 1. The summed E-state index contributed by atoms with van der Waals surface area (Å²) in [6.07, 6.45) is -3.17. The van der Waals surface area contributed by atoms with Gasteiger partial charge in [-0.15, -0.1) is 0 Å². The molecule has 8 nitrogen and oxygen atoms in total. The number of aromatic nitrogens is 5. The number of pyridine rings is 2. The number of aromatic amines is 1. The number of hydrogen-bond donors (Lipinski definition) is 2. The fraction of sp³-hybridized carbons (Fsp3) is 0.286. The van der Waals surface area contributed by atoms with Gasteiger partial charge >= 0.3 is 6.18 Å². The molecule has 7 rings (SSSR count). The van der Waals surface area contributed by atoms with Crippen LogP contribution in [0.3, 0.4) is 0 Å². The molecular weight excluding hydrogens is 688 g/mol. The van der Waals surface area contributed by atoms with Gasteiger partial charge in [-0.1, -0.05) is 5.92 Å². The number of aliphatic hydroxyl groups is 1. The van der Waals surface area contributed by atoms with E-state index in [2.05, 4.69) is 36.9 Å². The van der Waals surface area contributed by atoms with Gasteiger partial charge in [0.15, 0.2) is 5.69 Å². The normalized spacial score (nSPS) is 18.0. The molecule has 2 aliphatic carbocycles. The Hall–Kier alpha value is -5.43. The zero-order chi connectivity index (χ0) is 36.6. The van der Waals surface area contributed by atoms with Gasteiger partial charge in [0.05, 0.1) is 16.8 Å². The molecule has 0 bridgehead atoms. The Morgan fingerprint density at radius 2 is 1.82 bits per heavy atom. The standard InChI is InChI=1S/C35H24F8N6O2/c1-33(2,51)7-5-19-3-4-20(23-14-45-32-21(28(23)38)6-8-44-32)29(46-19)25(11-16-9-17(36)12-18(37)10-16)47-26(50)15-49-31-27(30(48-49)35(41,42)43)22-13-24(22)34(31,39)40/h3-4,6,8-10,12,14,22,24,51H,11,13,15H2,1-2H3,(H,44,45)/t22-,24+/m0/s1. The monoisotopic (exact) mass is 712 g/mol. The number of rotatable bonds is 6. The molecule has 2 N–H and O–H groups in total. The highest BCUT2D eigenvalue weighted by atomic mass is 19.4. The van der Waals surface area contributed by atoms with Crippen molar-refractivity contribution in [2.24, 2.45) is 10.9 Å². The quantitative estimate of drug-likeness (QED) is 0.114. The Morgan fingerprint density at radius 1 is 1.10 bits per heavy atom. The summed E-state index contributed by atoms with van der Waals surface area (Å²) in [4.78, 5) is 29.0. The Bertz CT molecular complexity index is 2320. The van der Waals surface area contributed by atoms with Crippen molar-refractivity contribution in [2.45, 2.75) is 56.9 Å². The lowest BCUT2D eigenvalue weighted by Crippen LogP contribution is -2.23. The summed E-state index contributed by atoms with van der Waals surface area (Å²) >= 11 is 0. The van der Waals surface area contributed by atoms with E-state index in [9.17, 15) is 31.9 Å². The number of carbonyl (C=O) groups is 1. The summed E-state index contributed by atoms with van der Waals surface area (Å²) in [5, 5.41) is 13.6. The van der Waals surface area contributed by atoms with Crippen LogP contribution >= 0.6 is 0 Å². The number of hydrogen-bond acceptors (Lipinski definition) is 5. The number of amides is 1. The van der Waals surface area contributed by atoms with Crippen molar-refractivity contribution >= 4 is 22.7 Å². The molecule has 0 aliphatic heterocycles. The van der Waals surface area contributed by atoms with Crippen molar-refractivity contribution in [1.82, 2.24) is 24.7 Å². The van der Waals surface area contributed by atoms with Crippen molar-refractivity contribution in [3.63, 3.8) is 0 Å². The van der Waals surface area contributed by atoms with Gasteiger partial charge in [-0.25, -0.2) is 28.1 Å². The fourth-order valence-corrected chi connectivity index (χ4v) is 6.34. The molecule has 4 heterocycles. The van der Waals surface area contributed by atoms with E-state index in [-0.39, 0.29) is 51.2 Å². The second-order valence-corrected chi connectivity index (χ2v) is 12.9. The van der Waals surface area contributed by atoms with Gasteiger partial charge in [0.25, 0.3) is 11.8 Å². The molecule has 1 amide bonds. The van der Waals surface area contributed by atoms with E-state index in [0.29, 0.717) is 10.7 Å². The zero-order valence-electron chi connectivity index (χ0n) is 26.5. The van der Waals surface area contributed by atoms with Gasteiger partial charge in [-0.2, -0.15) is 27.1 Å². The molecule has 262 valence electrons. The van der Waals surface area contributed by atoms with Crippen LogP contribution in [0.25, 0.3) is 22.2 Å². The lowest BCUT2D eigenvalue weighted by atomic mass is 9.97. The summed E-state index contributed by atoms with van der Waals surface area (Å²) in [5.41, 5.74) is -5.35. The van der Waals surface area contributed by atoms with Crippen molar-refractivity contribution in [3.8, 4) is 23.0 Å². The molecule has 0 saturated heterocycles. The van der Waals surface area contributed by atoms with Crippen molar-refractivity contribution < 1.29 is 45.0 Å². The number of nitrogens with zero attached hydrogens (tertiary/aromatic N) is 5. The average molecular weight is 713 g/mol. The Kier molecular flexibility index (Phi) is 7.90. The van der Waals surface area contributed by atoms with Crippen molar-refractivity contribution in [2.75, 3.05) is 0 Å². The third kappa shape index (κ3) is 6.37. The minimum absolute atomic E-state index is 0.0175. The van der Waals surface area contributed by atoms with E-state index < -0.39 is 82.8 Å². The van der Waals surface area contributed by atoms with Crippen LogP contribution in [0.5, 0.6) is 0 Å². The van der Waals surface area contributed by atoms with Gasteiger partial charge < -0.3 is 10.1 Å². The van der Waals surface area contributed by atoms with E-state index in [0.717, 1.165) is 18.3 Å². The van der Waals surface area contributed by atoms with Crippen LogP contribution in [0.2, 0.25) is 0 Å². The highest BCUT2D eigenvalue weighted by molar-refractivity contribution is 6.10. The molecule has 5 aromatic rings. The molecule has 0 radical (unpaired) electrons. The summed E-state index contributed by atoms with van der Waals surface area (Å²) < 4.78 is 117. The first kappa shape index (κ1) is 34.0. The predicted octanol–water partition coefficient (Wildman–Crippen LogP) is 6.85. The Labute approximate surface area is 283 Å². The number of alkyl halides is 5. The van der Waals surface area contributed by atoms with Crippen LogP contribution in [0, 0.1) is 35.2 Å². The Morgan fingerprint density at radius 3 is 2.51 bits per heavy atom. The van der Waals surface area contributed by atoms with E-state index >= 15 is 13.2 Å². The van der Waals surface area contributed by atoms with Crippen LogP contribution < -0.4 is 0 Å². The maximum atomic E-state index is 15.9. The van der Waals surface area contributed by atoms with Gasteiger partial charge in [0.2, 0.25) is 0 Å². The van der Waals surface area contributed by atoms with Crippen molar-refractivity contribution in [1.29, 1.82) is 0 Å². The summed E-state index contributed by atoms with van der Waals surface area (Å²) in [6.45, 7) is 1.64. The molecule has 0 spiro atoms. The number of fused-ring (bicyclic) bond motifs is 4. The van der Waals surface area contributed by atoms with E-state index in [1.807, 2.05) is 0 Å². The molecule has 4 aromatic heterocycles. The summed E-state index contributed by atoms with van der Waals surface area (Å²) in [7, 11) is 0. The maximum absolute atomic E-state index is 15.9. The molecule has 51 heavy (non-hydrogen) atoms. The smallest absolute Gasteiger partial charge is 0.378 e. The zero-order valence-corrected chi connectivity index (χ0v) is 26.5. The summed E-state index contributed by atoms with van der Waals surface area (Å²) in [5.74, 6) is -4.91. The third-order valence-corrected chi connectivity index (χ3v) is 8.51. The molecule has 2 aliphatic rings. The number of carbonyl (C=O) groups excluding carboxylic acids is 1. The molecule has 16 heteroatoms. The first-order chi connectivity index (χ1) is 23.9. The number of halogens is 8. The largest absolute Gasteiger partial charge is 0.435 e. The minimum atomic E-state index is -5.08. The maximum Gasteiger partial charge on any atom is 0.435 e. The number of H-pyrrole nitrogens is 1. The van der Waals surface area contributed by atoms with Gasteiger partial charge in [0, 0.05) is 47.5 Å². The molecule has 1 fully saturated rings. The van der Waals surface area contributed by atoms with Crippen LogP contribution in [0.1, 0.15) is 60.1 Å². The minimum Gasteiger partial charge on any atom is -0.378 e. The second kappa shape index (κ2) is 11.8. The number of nitrogens with one attached hydrogen (secondary N) is 1. The molecule has 1 aromatic carbocycles. The highest BCUT2D eigenvalue weighted by Crippen LogP contribution is 2.68. The van der Waals surface area contributed by atoms with Crippen LogP contribution in [0.4, 0.5) is 35.1 Å². The van der Waals surface area contributed by atoms with Crippen molar-refractivity contribution in [3.05, 3.63) is 100 Å². The van der Waals surface area contributed by atoms with E-state index in [4.69, 9.17) is 0 Å². The SMILES string of the molecule is CC(C)(O)C#Cc1ccc(-c2cnc3[nH]ccc3c2F)c(C(Cc2cc(F)cc(F)c2)=NC(=O)Cn2nc(C(F)(F)F)c3c2C(F)(F)[C@@H]2C[C@H]32)n1. The highest BCUT2D eigenvalue weighted by Gasteiger charge is 2.68. The van der Waals surface area contributed by atoms with Crippen LogP contribution in [-0.2, 0) is 29.9 Å². The van der Waals surface area contributed by atoms with Gasteiger partial charge in [0.1, 0.15) is 46.6 Å². The first-order valence-electron chi connectivity index (χ1n) is 15.4. The topological polar surface area (TPSA) is 109 Å². The Balaban J connectivity index is 1.39. The van der Waals surface area contributed by atoms with E-state index in [1.165, 1.54) is 38.2 Å². The molecule has 1 saturated carbocycles. The van der Waals surface area contributed by atoms with Crippen LogP contribution in [-0.4, -0.2) is 47.1 Å². The van der Waals surface area contributed by atoms with E-state index in [1.54, 1.807) is 0 Å². The summed E-state index contributed by atoms with van der Waals surface area (Å²) in [6, 6.07) is 6.61.